The van der Waals surface area contributed by atoms with Gasteiger partial charge in [-0.15, -0.1) is 0 Å². The number of hydrogen-bond acceptors (Lipinski definition) is 4. The zero-order chi connectivity index (χ0) is 13.8. The summed E-state index contributed by atoms with van der Waals surface area (Å²) in [4.78, 5) is 11.7. The van der Waals surface area contributed by atoms with E-state index in [1.165, 1.54) is 0 Å². The minimum absolute atomic E-state index is 0.0638. The molecule has 1 heterocycles. The van der Waals surface area contributed by atoms with Gasteiger partial charge in [-0.1, -0.05) is 6.07 Å². The Balaban J connectivity index is 1.92. The van der Waals surface area contributed by atoms with Gasteiger partial charge >= 0.3 is 0 Å². The molecule has 104 valence electrons. The van der Waals surface area contributed by atoms with Crippen molar-refractivity contribution in [2.75, 3.05) is 6.79 Å². The van der Waals surface area contributed by atoms with E-state index in [2.05, 4.69) is 5.32 Å². The van der Waals surface area contributed by atoms with E-state index in [-0.39, 0.29) is 18.7 Å². The van der Waals surface area contributed by atoms with Crippen molar-refractivity contribution >= 4 is 5.91 Å². The summed E-state index contributed by atoms with van der Waals surface area (Å²) < 4.78 is 10.5. The van der Waals surface area contributed by atoms with Gasteiger partial charge in [-0.25, -0.2) is 0 Å². The number of benzene rings is 1. The van der Waals surface area contributed by atoms with Crippen LogP contribution in [-0.2, 0) is 4.79 Å². The fourth-order valence-electron chi connectivity index (χ4n) is 1.92. The Hall–Kier alpha value is -1.75. The summed E-state index contributed by atoms with van der Waals surface area (Å²) in [5, 5.41) is 12.0. The number of aliphatic hydroxyl groups is 1. The van der Waals surface area contributed by atoms with Crippen molar-refractivity contribution in [3.05, 3.63) is 23.8 Å². The molecule has 0 radical (unpaired) electrons. The Kier molecular flexibility index (Phi) is 4.27. The molecule has 1 aliphatic heterocycles. The lowest BCUT2D eigenvalue weighted by molar-refractivity contribution is -0.122. The molecule has 0 saturated heterocycles. The van der Waals surface area contributed by atoms with Crippen LogP contribution in [0.4, 0.5) is 0 Å². The second-order valence-corrected chi connectivity index (χ2v) is 4.79. The molecule has 0 bridgehead atoms. The Bertz CT molecular complexity index is 459. The van der Waals surface area contributed by atoms with Crippen molar-refractivity contribution < 1.29 is 19.4 Å². The molecule has 2 unspecified atom stereocenters. The molecule has 5 nitrogen and oxygen atoms in total. The van der Waals surface area contributed by atoms with Crippen LogP contribution in [0.15, 0.2) is 18.2 Å². The third kappa shape index (κ3) is 3.61. The molecular formula is C14H19NO4. The van der Waals surface area contributed by atoms with Gasteiger partial charge in [0, 0.05) is 6.42 Å². The molecule has 1 aromatic carbocycles. The lowest BCUT2D eigenvalue weighted by Crippen LogP contribution is -2.27. The summed E-state index contributed by atoms with van der Waals surface area (Å²) in [6.07, 6.45) is 0.346. The number of hydrogen-bond donors (Lipinski definition) is 2. The first kappa shape index (κ1) is 13.7. The van der Waals surface area contributed by atoms with Crippen molar-refractivity contribution in [1.82, 2.24) is 5.32 Å². The Labute approximate surface area is 112 Å². The number of carbonyl (C=O) groups excluding carboxylic acids is 1. The lowest BCUT2D eigenvalue weighted by atomic mass is 10.1. The smallest absolute Gasteiger partial charge is 0.231 e. The quantitative estimate of drug-likeness (QED) is 0.851. The second-order valence-electron chi connectivity index (χ2n) is 4.79. The zero-order valence-electron chi connectivity index (χ0n) is 11.2. The third-order valence-corrected chi connectivity index (χ3v) is 3.06. The van der Waals surface area contributed by atoms with E-state index < -0.39 is 6.10 Å². The maximum atomic E-state index is 11.7. The van der Waals surface area contributed by atoms with E-state index >= 15 is 0 Å². The van der Waals surface area contributed by atoms with Gasteiger partial charge < -0.3 is 19.9 Å². The number of ether oxygens (including phenoxy) is 2. The van der Waals surface area contributed by atoms with Crippen molar-refractivity contribution in [2.45, 2.75) is 38.8 Å². The summed E-state index contributed by atoms with van der Waals surface area (Å²) in [5.41, 5.74) is 0.967. The first-order valence-electron chi connectivity index (χ1n) is 6.43. The molecule has 1 aromatic rings. The number of amides is 1. The van der Waals surface area contributed by atoms with E-state index in [9.17, 15) is 4.79 Å². The summed E-state index contributed by atoms with van der Waals surface area (Å²) in [6.45, 7) is 3.83. The highest BCUT2D eigenvalue weighted by Crippen LogP contribution is 2.34. The largest absolute Gasteiger partial charge is 0.454 e. The van der Waals surface area contributed by atoms with Gasteiger partial charge in [0.25, 0.3) is 0 Å². The van der Waals surface area contributed by atoms with Gasteiger partial charge in [0.15, 0.2) is 11.5 Å². The van der Waals surface area contributed by atoms with Crippen LogP contribution < -0.4 is 14.8 Å². The van der Waals surface area contributed by atoms with Crippen LogP contribution in [0, 0.1) is 0 Å². The van der Waals surface area contributed by atoms with Crippen molar-refractivity contribution in [3.63, 3.8) is 0 Å². The van der Waals surface area contributed by atoms with Crippen molar-refractivity contribution in [2.24, 2.45) is 0 Å². The maximum Gasteiger partial charge on any atom is 0.231 e. The molecule has 2 N–H and O–H groups in total. The van der Waals surface area contributed by atoms with Crippen molar-refractivity contribution in [3.8, 4) is 11.5 Å². The standard InChI is InChI=1S/C14H19NO4/c1-9(16)3-6-14(17)15-10(2)11-4-5-12-13(7-11)19-8-18-12/h4-5,7,9-10,16H,3,6,8H2,1-2H3,(H,15,17). The van der Waals surface area contributed by atoms with Crippen LogP contribution in [0.5, 0.6) is 11.5 Å². The minimum atomic E-state index is -0.452. The monoisotopic (exact) mass is 265 g/mol. The number of nitrogens with one attached hydrogen (secondary N) is 1. The first-order valence-corrected chi connectivity index (χ1v) is 6.43. The average Bonchev–Trinajstić information content (AvgIpc) is 2.83. The predicted octanol–water partition coefficient (Wildman–Crippen LogP) is 1.75. The van der Waals surface area contributed by atoms with Crippen molar-refractivity contribution in [1.29, 1.82) is 0 Å². The predicted molar refractivity (Wildman–Crippen MR) is 70.0 cm³/mol. The topological polar surface area (TPSA) is 67.8 Å². The molecule has 0 saturated carbocycles. The fourth-order valence-corrected chi connectivity index (χ4v) is 1.92. The van der Waals surface area contributed by atoms with E-state index in [4.69, 9.17) is 14.6 Å². The molecule has 0 aromatic heterocycles. The molecule has 2 rings (SSSR count). The van der Waals surface area contributed by atoms with E-state index in [0.717, 1.165) is 11.3 Å². The average molecular weight is 265 g/mol. The number of rotatable bonds is 5. The molecule has 1 amide bonds. The van der Waals surface area contributed by atoms with Crippen LogP contribution in [0.1, 0.15) is 38.3 Å². The van der Waals surface area contributed by atoms with E-state index in [1.807, 2.05) is 25.1 Å². The number of aliphatic hydroxyl groups excluding tert-OH is 1. The highest BCUT2D eigenvalue weighted by molar-refractivity contribution is 5.76. The van der Waals surface area contributed by atoms with Gasteiger partial charge in [-0.05, 0) is 38.0 Å². The fraction of sp³-hybridized carbons (Fsp3) is 0.500. The highest BCUT2D eigenvalue weighted by Gasteiger charge is 2.16. The molecule has 0 fully saturated rings. The molecule has 5 heteroatoms. The van der Waals surface area contributed by atoms with E-state index in [0.29, 0.717) is 18.6 Å². The molecule has 19 heavy (non-hydrogen) atoms. The second kappa shape index (κ2) is 5.93. The lowest BCUT2D eigenvalue weighted by Gasteiger charge is -2.15. The Morgan fingerprint density at radius 2 is 2.11 bits per heavy atom. The summed E-state index contributed by atoms with van der Waals surface area (Å²) >= 11 is 0. The Morgan fingerprint density at radius 3 is 2.84 bits per heavy atom. The third-order valence-electron chi connectivity index (χ3n) is 3.06. The van der Waals surface area contributed by atoms with Gasteiger partial charge in [0.1, 0.15) is 0 Å². The van der Waals surface area contributed by atoms with Crippen LogP contribution >= 0.6 is 0 Å². The molecular weight excluding hydrogens is 246 g/mol. The minimum Gasteiger partial charge on any atom is -0.454 e. The summed E-state index contributed by atoms with van der Waals surface area (Å²) in [6, 6.07) is 5.53. The van der Waals surface area contributed by atoms with Crippen LogP contribution in [0.25, 0.3) is 0 Å². The van der Waals surface area contributed by atoms with Crippen LogP contribution in [0.2, 0.25) is 0 Å². The molecule has 1 aliphatic rings. The van der Waals surface area contributed by atoms with Crippen LogP contribution in [0.3, 0.4) is 0 Å². The maximum absolute atomic E-state index is 11.7. The number of fused-ring (bicyclic) bond motifs is 1. The normalized spacial score (nSPS) is 15.9. The van der Waals surface area contributed by atoms with Gasteiger partial charge in [0.05, 0.1) is 12.1 Å². The molecule has 0 aliphatic carbocycles. The number of carbonyl (C=O) groups is 1. The summed E-state index contributed by atoms with van der Waals surface area (Å²) in [5.74, 6) is 1.38. The molecule has 0 spiro atoms. The first-order chi connectivity index (χ1) is 9.06. The Morgan fingerprint density at radius 1 is 1.37 bits per heavy atom. The molecule has 2 atom stereocenters. The van der Waals surface area contributed by atoms with E-state index in [1.54, 1.807) is 6.92 Å². The zero-order valence-corrected chi connectivity index (χ0v) is 11.2. The van der Waals surface area contributed by atoms with Gasteiger partial charge in [-0.3, -0.25) is 4.79 Å². The van der Waals surface area contributed by atoms with Gasteiger partial charge in [0.2, 0.25) is 12.7 Å². The summed E-state index contributed by atoms with van der Waals surface area (Å²) in [7, 11) is 0. The van der Waals surface area contributed by atoms with Crippen LogP contribution in [-0.4, -0.2) is 23.9 Å². The van der Waals surface area contributed by atoms with Gasteiger partial charge in [-0.2, -0.15) is 0 Å². The highest BCUT2D eigenvalue weighted by atomic mass is 16.7. The SMILES string of the molecule is CC(O)CCC(=O)NC(C)c1ccc2c(c1)OCO2.